The summed E-state index contributed by atoms with van der Waals surface area (Å²) < 4.78 is 0. The Morgan fingerprint density at radius 2 is 0.495 bits per heavy atom. The molecule has 0 saturated carbocycles. The summed E-state index contributed by atoms with van der Waals surface area (Å²) in [5.74, 6) is 0. The molecule has 11 rings (SSSR count). The van der Waals surface area contributed by atoms with Crippen LogP contribution in [0.1, 0.15) is 196 Å². The van der Waals surface area contributed by atoms with E-state index in [0.717, 1.165) is 68.4 Å². The van der Waals surface area contributed by atoms with Gasteiger partial charge in [-0.05, 0) is 230 Å². The van der Waals surface area contributed by atoms with Gasteiger partial charge in [0.15, 0.2) is 8.07 Å². The van der Waals surface area contributed by atoms with Gasteiger partial charge in [-0.25, -0.2) is 0 Å². The minimum Gasteiger partial charge on any atom is -0.345 e. The topological polar surface area (TPSA) is 6.48 Å². The van der Waals surface area contributed by atoms with Crippen LogP contribution in [0.5, 0.6) is 0 Å². The smallest absolute Gasteiger partial charge is 0.179 e. The van der Waals surface area contributed by atoms with Gasteiger partial charge in [0, 0.05) is 35.5 Å². The van der Waals surface area contributed by atoms with Gasteiger partial charge in [-0.2, -0.15) is 0 Å². The van der Waals surface area contributed by atoms with Crippen molar-refractivity contribution < 1.29 is 0 Å². The van der Waals surface area contributed by atoms with Crippen LogP contribution in [0.2, 0.25) is 0 Å². The van der Waals surface area contributed by atoms with E-state index < -0.39 is 8.07 Å². The summed E-state index contributed by atoms with van der Waals surface area (Å²) in [5.41, 5.74) is 26.0. The van der Waals surface area contributed by atoms with Gasteiger partial charge in [0.25, 0.3) is 0 Å². The molecule has 0 aliphatic heterocycles. The maximum Gasteiger partial charge on any atom is 0.179 e. The Kier molecular flexibility index (Phi) is 27.1. The van der Waals surface area contributed by atoms with Crippen LogP contribution in [0.15, 0.2) is 255 Å². The van der Waals surface area contributed by atoms with E-state index in [-0.39, 0.29) is 0 Å². The lowest BCUT2D eigenvalue weighted by Crippen LogP contribution is -2.74. The average molecular weight is 1350 g/mol. The lowest BCUT2D eigenvalue weighted by Gasteiger charge is -2.35. The Balaban J connectivity index is 1.03. The van der Waals surface area contributed by atoms with Crippen molar-refractivity contribution in [2.24, 2.45) is 0 Å². The fourth-order valence-electron chi connectivity index (χ4n) is 15.4. The number of anilines is 5. The molecule has 0 heterocycles. The number of hydrogen-bond acceptors (Lipinski definition) is 2. The molecule has 0 saturated heterocycles. The van der Waals surface area contributed by atoms with Crippen LogP contribution in [-0.2, 0) is 38.5 Å². The van der Waals surface area contributed by atoms with E-state index in [0.29, 0.717) is 0 Å². The van der Waals surface area contributed by atoms with Crippen LogP contribution in [0.4, 0.5) is 28.4 Å². The quantitative estimate of drug-likeness (QED) is 0.0218. The maximum atomic E-state index is 2.59. The van der Waals surface area contributed by atoms with E-state index in [2.05, 4.69) is 320 Å². The van der Waals surface area contributed by atoms with Crippen LogP contribution < -0.4 is 30.5 Å². The average Bonchev–Trinajstić information content (AvgIpc) is 0.731. The second-order valence-electron chi connectivity index (χ2n) is 28.9. The minimum absolute atomic E-state index is 1.07. The third-order valence-corrected chi connectivity index (χ3v) is 26.2. The molecular formula is C98H114N2Si. The number of aryl methyl sites for hydroxylation is 7. The Bertz CT molecular complexity index is 4190. The first-order valence-electron chi connectivity index (χ1n) is 39.3. The van der Waals surface area contributed by atoms with Crippen LogP contribution >= 0.6 is 0 Å². The van der Waals surface area contributed by atoms with E-state index in [1.54, 1.807) is 0 Å². The van der Waals surface area contributed by atoms with Crippen molar-refractivity contribution in [2.75, 3.05) is 16.8 Å². The van der Waals surface area contributed by atoms with Gasteiger partial charge < -0.3 is 9.80 Å². The van der Waals surface area contributed by atoms with Crippen molar-refractivity contribution >= 4 is 57.3 Å². The fourth-order valence-corrected chi connectivity index (χ4v) is 20.0. The maximum absolute atomic E-state index is 3.04. The van der Waals surface area contributed by atoms with E-state index in [9.17, 15) is 0 Å². The molecule has 0 aliphatic carbocycles. The van der Waals surface area contributed by atoms with Crippen LogP contribution in [0.25, 0.3) is 44.5 Å². The predicted octanol–water partition coefficient (Wildman–Crippen LogP) is 25.7. The minimum atomic E-state index is -3.04. The van der Waals surface area contributed by atoms with Gasteiger partial charge in [0.1, 0.15) is 0 Å². The lowest BCUT2D eigenvalue weighted by molar-refractivity contribution is 0.664. The molecule has 0 atom stereocenters. The highest BCUT2D eigenvalue weighted by atomic mass is 28.3. The standard InChI is InChI=1S/C98H114N2Si/c1-9-15-19-23-29-78-39-65-93(66-40-78)101(94-67-41-79(42-68-94)30-24-20-16-10-2,95-69-61-89(62-70-95)99(8)88-55-49-82(50-56-88)80-45-35-76(27-13-5)36-46-80)96-71-63-92(64-72-96)100(90-57-51-83(52-58-90)81-47-37-77(28-14-6)38-48-81)91-59-53-85(54-60-91)98-74-86(31-25-21-17-11-3)97(84-43-33-75(7)34-44-84)73-87(98)32-26-22-18-12-4/h33-74H,9-32H2,1-8H3. The summed E-state index contributed by atoms with van der Waals surface area (Å²) in [6.45, 7) is 16.0. The Morgan fingerprint density at radius 1 is 0.238 bits per heavy atom. The third-order valence-electron chi connectivity index (χ3n) is 21.4. The van der Waals surface area contributed by atoms with Crippen molar-refractivity contribution in [3.8, 4) is 44.5 Å². The second kappa shape index (κ2) is 37.2. The molecule has 0 unspecified atom stereocenters. The number of benzene rings is 11. The van der Waals surface area contributed by atoms with E-state index >= 15 is 0 Å². The van der Waals surface area contributed by atoms with Crippen molar-refractivity contribution in [1.82, 2.24) is 0 Å². The Hall–Kier alpha value is -8.76. The molecule has 3 heteroatoms. The highest BCUT2D eigenvalue weighted by Gasteiger charge is 2.42. The Labute approximate surface area is 611 Å². The first kappa shape index (κ1) is 73.5. The molecule has 0 amide bonds. The van der Waals surface area contributed by atoms with Crippen molar-refractivity contribution in [2.45, 2.75) is 203 Å². The zero-order valence-electron chi connectivity index (χ0n) is 62.6. The molecule has 0 fully saturated rings. The molecule has 0 N–H and O–H groups in total. The third kappa shape index (κ3) is 18.7. The summed E-state index contributed by atoms with van der Waals surface area (Å²) >= 11 is 0. The lowest BCUT2D eigenvalue weighted by atomic mass is 9.86. The molecule has 11 aromatic carbocycles. The highest BCUT2D eigenvalue weighted by molar-refractivity contribution is 7.19. The fraction of sp³-hybridized carbons (Fsp3) is 0.327. The van der Waals surface area contributed by atoms with Crippen molar-refractivity contribution in [1.29, 1.82) is 0 Å². The second-order valence-corrected chi connectivity index (χ2v) is 32.8. The van der Waals surface area contributed by atoms with E-state index in [4.69, 9.17) is 0 Å². The summed E-state index contributed by atoms with van der Waals surface area (Å²) in [4.78, 5) is 4.84. The zero-order valence-corrected chi connectivity index (χ0v) is 63.6. The number of nitrogens with zero attached hydrogens (tertiary/aromatic N) is 2. The van der Waals surface area contributed by atoms with Crippen LogP contribution in [0.3, 0.4) is 0 Å². The molecule has 520 valence electrons. The van der Waals surface area contributed by atoms with Crippen LogP contribution in [0, 0.1) is 6.92 Å². The van der Waals surface area contributed by atoms with Gasteiger partial charge in [-0.1, -0.05) is 331 Å². The molecule has 0 radical (unpaired) electrons. The first-order chi connectivity index (χ1) is 49.6. The first-order valence-corrected chi connectivity index (χ1v) is 41.3. The molecule has 0 bridgehead atoms. The summed E-state index contributed by atoms with van der Waals surface area (Å²) in [5, 5.41) is 5.56. The molecule has 0 aromatic heterocycles. The van der Waals surface area contributed by atoms with Crippen molar-refractivity contribution in [3.05, 3.63) is 294 Å². The molecule has 11 aromatic rings. The van der Waals surface area contributed by atoms with E-state index in [1.807, 2.05) is 0 Å². The summed E-state index contributed by atoms with van der Waals surface area (Å²) in [6.07, 6.45) is 28.8. The molecule has 2 nitrogen and oxygen atoms in total. The molecule has 0 aliphatic rings. The Morgan fingerprint density at radius 3 is 0.832 bits per heavy atom. The van der Waals surface area contributed by atoms with Crippen molar-refractivity contribution in [3.63, 3.8) is 0 Å². The largest absolute Gasteiger partial charge is 0.345 e. The van der Waals surface area contributed by atoms with Gasteiger partial charge in [0.2, 0.25) is 0 Å². The molecule has 0 spiro atoms. The monoisotopic (exact) mass is 1350 g/mol. The number of unbranched alkanes of at least 4 members (excludes halogenated alkanes) is 12. The number of hydrogen-bond donors (Lipinski definition) is 0. The summed E-state index contributed by atoms with van der Waals surface area (Å²) in [7, 11) is -0.830. The van der Waals surface area contributed by atoms with Gasteiger partial charge in [-0.15, -0.1) is 0 Å². The van der Waals surface area contributed by atoms with Gasteiger partial charge in [-0.3, -0.25) is 0 Å². The van der Waals surface area contributed by atoms with Crippen LogP contribution in [-0.4, -0.2) is 15.1 Å². The molecule has 101 heavy (non-hydrogen) atoms. The van der Waals surface area contributed by atoms with Gasteiger partial charge >= 0.3 is 0 Å². The number of rotatable bonds is 37. The van der Waals surface area contributed by atoms with Gasteiger partial charge in [0.05, 0.1) is 0 Å². The zero-order chi connectivity index (χ0) is 70.2. The normalized spacial score (nSPS) is 11.5. The highest BCUT2D eigenvalue weighted by Crippen LogP contribution is 2.40. The summed E-state index contributed by atoms with van der Waals surface area (Å²) in [6, 6.07) is 100. The SMILES string of the molecule is CCCCCCc1ccc([Si](c2ccc(CCCCCC)cc2)(c2ccc(N(C)c3ccc(-c4ccc(CCC)cc4)cc3)cc2)c2ccc(N(c3ccc(-c4ccc(CCC)cc4)cc3)c3ccc(-c4cc(CCCCCC)c(-c5ccc(C)cc5)cc4CCCCCC)cc3)cc2)cc1. The predicted molar refractivity (Wildman–Crippen MR) is 445 cm³/mol. The van der Waals surface area contributed by atoms with E-state index in [1.165, 1.54) is 218 Å². The molecular weight excluding hydrogens is 1230 g/mol.